The lowest BCUT2D eigenvalue weighted by Crippen LogP contribution is -1.77. The predicted molar refractivity (Wildman–Crippen MR) is 47.8 cm³/mol. The predicted octanol–water partition coefficient (Wildman–Crippen LogP) is 3.51. The molecule has 0 spiro atoms. The maximum absolute atomic E-state index is 11.0. The molecule has 0 saturated heterocycles. The topological polar surface area (TPSA) is 26.3 Å². The van der Waals surface area contributed by atoms with Crippen molar-refractivity contribution in [2.24, 2.45) is 0 Å². The summed E-state index contributed by atoms with van der Waals surface area (Å²) in [5.74, 6) is -2.00. The van der Waals surface area contributed by atoms with E-state index in [1.165, 1.54) is 18.5 Å². The zero-order valence-corrected chi connectivity index (χ0v) is 8.64. The maximum atomic E-state index is 11.0. The molecule has 5 heteroatoms. The van der Waals surface area contributed by atoms with Crippen LogP contribution in [0.2, 0.25) is 0 Å². The maximum Gasteiger partial charge on any atom is 0.346 e. The minimum absolute atomic E-state index is 0.811. The Bertz CT molecular complexity index is 131. The van der Waals surface area contributed by atoms with Gasteiger partial charge in [0.15, 0.2) is 0 Å². The van der Waals surface area contributed by atoms with Crippen molar-refractivity contribution in [1.29, 1.82) is 0 Å². The summed E-state index contributed by atoms with van der Waals surface area (Å²) in [6.45, 7) is 2.08. The lowest BCUT2D eigenvalue weighted by molar-refractivity contribution is 0.423. The molecule has 0 fully saturated rings. The van der Waals surface area contributed by atoms with Crippen LogP contribution in [0.5, 0.6) is 0 Å². The van der Waals surface area contributed by atoms with Gasteiger partial charge in [-0.15, -0.1) is 0 Å². The van der Waals surface area contributed by atoms with Crippen LogP contribution in [-0.4, -0.2) is 12.9 Å². The van der Waals surface area contributed by atoms with Gasteiger partial charge in [0.05, 0.1) is 0 Å². The molecule has 2 nitrogen and oxygen atoms in total. The third-order valence-electron chi connectivity index (χ3n) is 0.961. The second-order valence-electron chi connectivity index (χ2n) is 1.80. The van der Waals surface area contributed by atoms with Gasteiger partial charge in [-0.1, -0.05) is 24.7 Å². The lowest BCUT2D eigenvalue weighted by Gasteiger charge is -2.04. The molecule has 62 valence electrons. The Hall–Kier alpha value is 0.830. The first-order valence-electron chi connectivity index (χ1n) is 3.12. The average Bonchev–Trinajstić information content (AvgIpc) is 1.89. The van der Waals surface area contributed by atoms with Crippen molar-refractivity contribution >= 4 is 28.5 Å². The third-order valence-corrected chi connectivity index (χ3v) is 5.39. The van der Waals surface area contributed by atoms with Gasteiger partial charge >= 0.3 is 5.92 Å². The fourth-order valence-electron chi connectivity index (χ4n) is 0.371. The summed E-state index contributed by atoms with van der Waals surface area (Å²) in [5, 5.41) is 0. The second kappa shape index (κ2) is 5.48. The smallest absolute Gasteiger partial charge is 0.313 e. The minimum Gasteiger partial charge on any atom is -0.313 e. The number of halogens is 1. The molecule has 0 aliphatic carbocycles. The van der Waals surface area contributed by atoms with Crippen LogP contribution in [0.25, 0.3) is 0 Å². The Labute approximate surface area is 70.7 Å². The largest absolute Gasteiger partial charge is 0.346 e. The molecule has 1 unspecified atom stereocenters. The summed E-state index contributed by atoms with van der Waals surface area (Å²) in [6, 6.07) is 0. The van der Waals surface area contributed by atoms with Gasteiger partial charge in [0.2, 0.25) is 0 Å². The highest BCUT2D eigenvalue weighted by Crippen LogP contribution is 2.63. The summed E-state index contributed by atoms with van der Waals surface area (Å²) in [6.07, 6.45) is 2.12. The van der Waals surface area contributed by atoms with Gasteiger partial charge < -0.3 is 4.52 Å². The van der Waals surface area contributed by atoms with Crippen molar-refractivity contribution in [1.82, 2.24) is 0 Å². The fourth-order valence-corrected chi connectivity index (χ4v) is 3.09. The molecule has 0 aliphatic heterocycles. The van der Waals surface area contributed by atoms with E-state index in [0.717, 1.165) is 18.6 Å². The molecule has 0 N–H and O–H groups in total. The standard InChI is InChI=1S/C5H12ClO2PS/c1-3-4-5-10-9(6,7)8-2/h3-5H2,1-2H3. The quantitative estimate of drug-likeness (QED) is 0.504. The Kier molecular flexibility index (Phi) is 5.93. The normalized spacial score (nSPS) is 16.7. The van der Waals surface area contributed by atoms with E-state index >= 15 is 0 Å². The van der Waals surface area contributed by atoms with E-state index in [1.54, 1.807) is 0 Å². The average molecular weight is 203 g/mol. The van der Waals surface area contributed by atoms with Crippen LogP contribution in [0.15, 0.2) is 0 Å². The van der Waals surface area contributed by atoms with Gasteiger partial charge in [0, 0.05) is 12.9 Å². The molecule has 0 aromatic carbocycles. The van der Waals surface area contributed by atoms with E-state index in [1.807, 2.05) is 0 Å². The van der Waals surface area contributed by atoms with Crippen LogP contribution >= 0.6 is 28.5 Å². The molecular weight excluding hydrogens is 191 g/mol. The molecule has 10 heavy (non-hydrogen) atoms. The van der Waals surface area contributed by atoms with E-state index in [0.29, 0.717) is 0 Å². The molecule has 0 aliphatic rings. The zero-order valence-electron chi connectivity index (χ0n) is 6.17. The van der Waals surface area contributed by atoms with E-state index in [-0.39, 0.29) is 0 Å². The van der Waals surface area contributed by atoms with Crippen LogP contribution in [0.1, 0.15) is 19.8 Å². The van der Waals surface area contributed by atoms with Crippen molar-refractivity contribution in [3.05, 3.63) is 0 Å². The first-order chi connectivity index (χ1) is 4.62. The Morgan fingerprint density at radius 2 is 2.30 bits per heavy atom. The van der Waals surface area contributed by atoms with Crippen molar-refractivity contribution in [2.75, 3.05) is 12.9 Å². The van der Waals surface area contributed by atoms with Gasteiger partial charge in [-0.05, 0) is 17.7 Å². The van der Waals surface area contributed by atoms with E-state index in [4.69, 9.17) is 11.2 Å². The summed E-state index contributed by atoms with van der Waals surface area (Å²) >= 11 is 6.65. The lowest BCUT2D eigenvalue weighted by atomic mass is 10.4. The fraction of sp³-hybridized carbons (Fsp3) is 1.00. The molecular formula is C5H12ClO2PS. The van der Waals surface area contributed by atoms with Crippen molar-refractivity contribution in [3.8, 4) is 0 Å². The molecule has 1 atom stereocenters. The summed E-state index contributed by atoms with van der Waals surface area (Å²) < 4.78 is 15.5. The third kappa shape index (κ3) is 5.60. The Balaban J connectivity index is 3.38. The monoisotopic (exact) mass is 202 g/mol. The molecule has 0 rings (SSSR count). The number of hydrogen-bond donors (Lipinski definition) is 0. The minimum atomic E-state index is -2.81. The highest BCUT2D eigenvalue weighted by atomic mass is 35.7. The number of hydrogen-bond acceptors (Lipinski definition) is 3. The van der Waals surface area contributed by atoms with Gasteiger partial charge in [-0.2, -0.15) is 0 Å². The van der Waals surface area contributed by atoms with Crippen LogP contribution in [-0.2, 0) is 9.09 Å². The van der Waals surface area contributed by atoms with Gasteiger partial charge in [0.1, 0.15) is 0 Å². The molecule has 0 heterocycles. The van der Waals surface area contributed by atoms with Crippen molar-refractivity contribution < 1.29 is 9.09 Å². The van der Waals surface area contributed by atoms with Crippen molar-refractivity contribution in [2.45, 2.75) is 19.8 Å². The van der Waals surface area contributed by atoms with Gasteiger partial charge in [-0.3, -0.25) is 4.57 Å². The summed E-state index contributed by atoms with van der Waals surface area (Å²) in [4.78, 5) is 0. The Morgan fingerprint density at radius 1 is 1.70 bits per heavy atom. The van der Waals surface area contributed by atoms with E-state index in [2.05, 4.69) is 11.4 Å². The highest BCUT2D eigenvalue weighted by Gasteiger charge is 2.16. The molecule has 0 aromatic rings. The first kappa shape index (κ1) is 10.8. The molecule has 0 radical (unpaired) electrons. The summed E-state index contributed by atoms with van der Waals surface area (Å²) in [7, 11) is 1.37. The van der Waals surface area contributed by atoms with Crippen LogP contribution in [0.4, 0.5) is 0 Å². The van der Waals surface area contributed by atoms with E-state index in [9.17, 15) is 4.57 Å². The molecule has 0 aromatic heterocycles. The first-order valence-corrected chi connectivity index (χ1v) is 7.24. The number of unbranched alkanes of at least 4 members (excludes halogenated alkanes) is 1. The van der Waals surface area contributed by atoms with E-state index < -0.39 is 5.92 Å². The zero-order chi connectivity index (χ0) is 8.04. The Morgan fingerprint density at radius 3 is 2.70 bits per heavy atom. The molecule has 0 saturated carbocycles. The SMILES string of the molecule is CCCCSP(=O)(Cl)OC. The summed E-state index contributed by atoms with van der Waals surface area (Å²) in [5.41, 5.74) is 0. The van der Waals surface area contributed by atoms with Crippen LogP contribution in [0.3, 0.4) is 0 Å². The molecule has 0 amide bonds. The van der Waals surface area contributed by atoms with Crippen LogP contribution < -0.4 is 0 Å². The number of rotatable bonds is 5. The highest BCUT2D eigenvalue weighted by molar-refractivity contribution is 8.63. The van der Waals surface area contributed by atoms with Crippen molar-refractivity contribution in [3.63, 3.8) is 0 Å². The van der Waals surface area contributed by atoms with Crippen LogP contribution in [0, 0.1) is 0 Å². The second-order valence-corrected chi connectivity index (χ2v) is 7.85. The molecule has 0 bridgehead atoms. The van der Waals surface area contributed by atoms with Gasteiger partial charge in [-0.25, -0.2) is 0 Å². The van der Waals surface area contributed by atoms with Gasteiger partial charge in [0.25, 0.3) is 0 Å².